The van der Waals surface area contributed by atoms with E-state index in [0.29, 0.717) is 12.8 Å². The summed E-state index contributed by atoms with van der Waals surface area (Å²) in [5.74, 6) is -1.21. The highest BCUT2D eigenvalue weighted by molar-refractivity contribution is 6.09. The van der Waals surface area contributed by atoms with Gasteiger partial charge in [-0.25, -0.2) is 9.59 Å². The summed E-state index contributed by atoms with van der Waals surface area (Å²) in [6.07, 6.45) is 1.02. The van der Waals surface area contributed by atoms with Crippen LogP contribution in [-0.2, 0) is 16.0 Å². The third kappa shape index (κ3) is 3.89. The first kappa shape index (κ1) is 17.5. The van der Waals surface area contributed by atoms with Gasteiger partial charge in [0.05, 0.1) is 0 Å². The highest BCUT2D eigenvalue weighted by Gasteiger charge is 2.47. The summed E-state index contributed by atoms with van der Waals surface area (Å²) in [6, 6.07) is 8.27. The van der Waals surface area contributed by atoms with Crippen LogP contribution in [0.25, 0.3) is 0 Å². The molecule has 0 spiro atoms. The highest BCUT2D eigenvalue weighted by Crippen LogP contribution is 2.23. The van der Waals surface area contributed by atoms with Crippen molar-refractivity contribution in [3.05, 3.63) is 35.9 Å². The quantitative estimate of drug-likeness (QED) is 0.678. The molecule has 0 unspecified atom stereocenters. The van der Waals surface area contributed by atoms with Crippen molar-refractivity contribution >= 4 is 23.9 Å². The lowest BCUT2D eigenvalue weighted by Gasteiger charge is -2.21. The minimum Gasteiger partial charge on any atom is -0.341 e. The Kier molecular flexibility index (Phi) is 5.18. The Morgan fingerprint density at radius 2 is 1.88 bits per heavy atom. The first-order valence-corrected chi connectivity index (χ1v) is 7.55. The minimum absolute atomic E-state index is 0.412. The average molecular weight is 332 g/mol. The van der Waals surface area contributed by atoms with Gasteiger partial charge in [-0.05, 0) is 25.3 Å². The number of urea groups is 2. The zero-order chi connectivity index (χ0) is 17.7. The number of carbonyl (C=O) groups is 4. The van der Waals surface area contributed by atoms with Crippen LogP contribution in [-0.4, -0.2) is 47.9 Å². The molecule has 1 saturated heterocycles. The SMILES string of the molecule is CNC(=O)NC(=O)CN1C(=O)N[C@](C)(CCc2ccccc2)C1=O. The van der Waals surface area contributed by atoms with E-state index < -0.39 is 36.0 Å². The topological polar surface area (TPSA) is 108 Å². The van der Waals surface area contributed by atoms with Gasteiger partial charge in [-0.15, -0.1) is 0 Å². The largest absolute Gasteiger partial charge is 0.341 e. The van der Waals surface area contributed by atoms with Crippen molar-refractivity contribution < 1.29 is 19.2 Å². The molecule has 0 aliphatic carbocycles. The Labute approximate surface area is 139 Å². The number of benzene rings is 1. The molecule has 0 saturated carbocycles. The molecule has 1 atom stereocenters. The molecule has 1 heterocycles. The summed E-state index contributed by atoms with van der Waals surface area (Å²) in [7, 11) is 1.36. The summed E-state index contributed by atoms with van der Waals surface area (Å²) < 4.78 is 0. The minimum atomic E-state index is -1.07. The van der Waals surface area contributed by atoms with E-state index in [4.69, 9.17) is 0 Å². The molecule has 8 nitrogen and oxygen atoms in total. The molecule has 1 aromatic rings. The number of hydrogen-bond donors (Lipinski definition) is 3. The molecule has 6 amide bonds. The van der Waals surface area contributed by atoms with Gasteiger partial charge in [0, 0.05) is 7.05 Å². The molecule has 24 heavy (non-hydrogen) atoms. The Bertz CT molecular complexity index is 661. The van der Waals surface area contributed by atoms with Crippen molar-refractivity contribution in [3.63, 3.8) is 0 Å². The molecule has 1 aliphatic heterocycles. The predicted octanol–water partition coefficient (Wildman–Crippen LogP) is 0.385. The van der Waals surface area contributed by atoms with Crippen LogP contribution in [0.4, 0.5) is 9.59 Å². The van der Waals surface area contributed by atoms with Crippen LogP contribution < -0.4 is 16.0 Å². The number of hydrogen-bond acceptors (Lipinski definition) is 4. The fourth-order valence-electron chi connectivity index (χ4n) is 2.47. The smallest absolute Gasteiger partial charge is 0.325 e. The van der Waals surface area contributed by atoms with Crippen LogP contribution in [0, 0.1) is 0 Å². The molecule has 128 valence electrons. The van der Waals surface area contributed by atoms with Crippen molar-refractivity contribution in [2.45, 2.75) is 25.3 Å². The molecule has 8 heteroatoms. The number of carbonyl (C=O) groups excluding carboxylic acids is 4. The normalized spacial score (nSPS) is 19.8. The summed E-state index contributed by atoms with van der Waals surface area (Å²) >= 11 is 0. The van der Waals surface area contributed by atoms with Crippen LogP contribution in [0.5, 0.6) is 0 Å². The van der Waals surface area contributed by atoms with Crippen LogP contribution >= 0.6 is 0 Å². The second-order valence-electron chi connectivity index (χ2n) is 5.77. The van der Waals surface area contributed by atoms with Gasteiger partial charge in [0.15, 0.2) is 0 Å². The zero-order valence-corrected chi connectivity index (χ0v) is 13.6. The molecular weight excluding hydrogens is 312 g/mol. The van der Waals surface area contributed by atoms with Crippen LogP contribution in [0.1, 0.15) is 18.9 Å². The fraction of sp³-hybridized carbons (Fsp3) is 0.375. The molecule has 1 fully saturated rings. The summed E-state index contributed by atoms with van der Waals surface area (Å²) in [5.41, 5.74) is -0.0168. The van der Waals surface area contributed by atoms with Crippen molar-refractivity contribution in [1.29, 1.82) is 0 Å². The molecule has 1 aliphatic rings. The number of rotatable bonds is 5. The average Bonchev–Trinajstić information content (AvgIpc) is 2.77. The molecule has 0 aromatic heterocycles. The Morgan fingerprint density at radius 3 is 2.50 bits per heavy atom. The molecule has 2 rings (SSSR count). The lowest BCUT2D eigenvalue weighted by atomic mass is 9.93. The number of nitrogens with zero attached hydrogens (tertiary/aromatic N) is 1. The molecule has 0 bridgehead atoms. The van der Waals surface area contributed by atoms with Crippen molar-refractivity contribution in [2.75, 3.05) is 13.6 Å². The fourth-order valence-corrected chi connectivity index (χ4v) is 2.47. The van der Waals surface area contributed by atoms with E-state index in [1.807, 2.05) is 35.6 Å². The monoisotopic (exact) mass is 332 g/mol. The maximum atomic E-state index is 12.5. The van der Waals surface area contributed by atoms with Gasteiger partial charge < -0.3 is 10.6 Å². The molecule has 1 aromatic carbocycles. The van der Waals surface area contributed by atoms with Crippen LogP contribution in [0.15, 0.2) is 30.3 Å². The van der Waals surface area contributed by atoms with E-state index in [-0.39, 0.29) is 0 Å². The first-order valence-electron chi connectivity index (χ1n) is 7.55. The van der Waals surface area contributed by atoms with E-state index in [1.54, 1.807) is 6.92 Å². The number of amides is 6. The lowest BCUT2D eigenvalue weighted by Crippen LogP contribution is -2.47. The van der Waals surface area contributed by atoms with Gasteiger partial charge in [0.1, 0.15) is 12.1 Å². The second kappa shape index (κ2) is 7.12. The van der Waals surface area contributed by atoms with Gasteiger partial charge in [0.25, 0.3) is 5.91 Å². The first-order chi connectivity index (χ1) is 11.4. The zero-order valence-electron chi connectivity index (χ0n) is 13.6. The molecular formula is C16H20N4O4. The van der Waals surface area contributed by atoms with Crippen molar-refractivity contribution in [3.8, 4) is 0 Å². The standard InChI is InChI=1S/C16H20N4O4/c1-16(9-8-11-6-4-3-5-7-11)13(22)20(15(24)19-16)10-12(21)18-14(23)17-2/h3-7H,8-10H2,1-2H3,(H,19,24)(H2,17,18,21,23)/t16-/m1/s1. The van der Waals surface area contributed by atoms with Gasteiger partial charge in [0.2, 0.25) is 5.91 Å². The van der Waals surface area contributed by atoms with E-state index in [9.17, 15) is 19.2 Å². The lowest BCUT2D eigenvalue weighted by molar-refractivity contribution is -0.134. The number of imide groups is 2. The molecule has 3 N–H and O–H groups in total. The Hall–Kier alpha value is -2.90. The van der Waals surface area contributed by atoms with Crippen molar-refractivity contribution in [2.24, 2.45) is 0 Å². The third-order valence-corrected chi connectivity index (χ3v) is 3.88. The van der Waals surface area contributed by atoms with Gasteiger partial charge >= 0.3 is 12.1 Å². The van der Waals surface area contributed by atoms with Gasteiger partial charge in [-0.3, -0.25) is 19.8 Å². The highest BCUT2D eigenvalue weighted by atomic mass is 16.2. The summed E-state index contributed by atoms with van der Waals surface area (Å²) in [5, 5.41) is 6.87. The Balaban J connectivity index is 1.99. The number of nitrogens with one attached hydrogen (secondary N) is 3. The Morgan fingerprint density at radius 1 is 1.21 bits per heavy atom. The van der Waals surface area contributed by atoms with Crippen molar-refractivity contribution in [1.82, 2.24) is 20.9 Å². The van der Waals surface area contributed by atoms with Crippen LogP contribution in [0.3, 0.4) is 0 Å². The second-order valence-corrected chi connectivity index (χ2v) is 5.77. The maximum absolute atomic E-state index is 12.5. The molecule has 0 radical (unpaired) electrons. The number of aryl methyl sites for hydroxylation is 1. The van der Waals surface area contributed by atoms with Gasteiger partial charge in [-0.2, -0.15) is 0 Å². The van der Waals surface area contributed by atoms with E-state index in [2.05, 4.69) is 10.6 Å². The van der Waals surface area contributed by atoms with E-state index >= 15 is 0 Å². The third-order valence-electron chi connectivity index (χ3n) is 3.88. The maximum Gasteiger partial charge on any atom is 0.325 e. The van der Waals surface area contributed by atoms with Gasteiger partial charge in [-0.1, -0.05) is 30.3 Å². The van der Waals surface area contributed by atoms with E-state index in [0.717, 1.165) is 10.5 Å². The van der Waals surface area contributed by atoms with E-state index in [1.165, 1.54) is 7.05 Å². The summed E-state index contributed by atoms with van der Waals surface area (Å²) in [4.78, 5) is 48.2. The predicted molar refractivity (Wildman–Crippen MR) is 86.0 cm³/mol. The summed E-state index contributed by atoms with van der Waals surface area (Å²) in [6.45, 7) is 1.13. The van der Waals surface area contributed by atoms with Crippen LogP contribution in [0.2, 0.25) is 0 Å².